The van der Waals surface area contributed by atoms with Gasteiger partial charge in [-0.2, -0.15) is 0 Å². The van der Waals surface area contributed by atoms with Crippen LogP contribution in [-0.4, -0.2) is 12.5 Å². The number of nitrogens with zero attached hydrogens (tertiary/aromatic N) is 1. The molecule has 0 radical (unpaired) electrons. The van der Waals surface area contributed by atoms with Crippen molar-refractivity contribution >= 4 is 27.6 Å². The highest BCUT2D eigenvalue weighted by Gasteiger charge is 2.04. The highest BCUT2D eigenvalue weighted by atomic mass is 79.9. The summed E-state index contributed by atoms with van der Waals surface area (Å²) in [5.41, 5.74) is 4.69. The van der Waals surface area contributed by atoms with E-state index in [4.69, 9.17) is 5.84 Å². The van der Waals surface area contributed by atoms with Crippen LogP contribution in [0.5, 0.6) is 0 Å². The van der Waals surface area contributed by atoms with Crippen molar-refractivity contribution in [2.24, 2.45) is 16.8 Å². The molecule has 0 aromatic heterocycles. The molecule has 0 heterocycles. The van der Waals surface area contributed by atoms with Gasteiger partial charge >= 0.3 is 0 Å². The molecule has 94 valence electrons. The van der Waals surface area contributed by atoms with Crippen molar-refractivity contribution in [3.8, 4) is 0 Å². The van der Waals surface area contributed by atoms with E-state index in [-0.39, 0.29) is 0 Å². The van der Waals surface area contributed by atoms with E-state index in [1.807, 2.05) is 25.1 Å². The molecule has 5 heteroatoms. The number of guanidine groups is 1. The number of nitrogens with two attached hydrogens (primary N) is 1. The molecular weight excluding hydrogens is 280 g/mol. The third kappa shape index (κ3) is 4.36. The van der Waals surface area contributed by atoms with Crippen LogP contribution in [0.15, 0.2) is 27.7 Å². The molecule has 0 amide bonds. The molecule has 17 heavy (non-hydrogen) atoms. The van der Waals surface area contributed by atoms with Gasteiger partial charge in [0.1, 0.15) is 0 Å². The molecule has 1 rings (SSSR count). The predicted octanol–water partition coefficient (Wildman–Crippen LogP) is 2.64. The van der Waals surface area contributed by atoms with E-state index < -0.39 is 0 Å². The molecule has 1 aromatic rings. The Labute approximate surface area is 111 Å². The van der Waals surface area contributed by atoms with Crippen LogP contribution in [0.3, 0.4) is 0 Å². The molecule has 4 N–H and O–H groups in total. The molecule has 0 fully saturated rings. The molecule has 0 atom stereocenters. The summed E-state index contributed by atoms with van der Waals surface area (Å²) in [6.45, 7) is 6.99. The van der Waals surface area contributed by atoms with E-state index in [0.29, 0.717) is 11.9 Å². The van der Waals surface area contributed by atoms with E-state index >= 15 is 0 Å². The summed E-state index contributed by atoms with van der Waals surface area (Å²) in [4.78, 5) is 4.36. The molecule has 0 spiro atoms. The van der Waals surface area contributed by atoms with Gasteiger partial charge < -0.3 is 5.32 Å². The third-order valence-corrected chi connectivity index (χ3v) is 3.13. The second-order valence-corrected chi connectivity index (χ2v) is 5.12. The lowest BCUT2D eigenvalue weighted by Crippen LogP contribution is -2.36. The monoisotopic (exact) mass is 298 g/mol. The highest BCUT2D eigenvalue weighted by Crippen LogP contribution is 2.23. The van der Waals surface area contributed by atoms with Gasteiger partial charge in [-0.15, -0.1) is 0 Å². The van der Waals surface area contributed by atoms with E-state index in [2.05, 4.69) is 45.5 Å². The molecule has 4 nitrogen and oxygen atoms in total. The molecule has 0 aliphatic rings. The smallest absolute Gasteiger partial charge is 0.210 e. The Kier molecular flexibility index (Phi) is 5.44. The van der Waals surface area contributed by atoms with Crippen LogP contribution < -0.4 is 16.6 Å². The van der Waals surface area contributed by atoms with Gasteiger partial charge in [-0.1, -0.05) is 35.8 Å². The summed E-state index contributed by atoms with van der Waals surface area (Å²) in [5.74, 6) is 6.53. The maximum atomic E-state index is 5.44. The lowest BCUT2D eigenvalue weighted by atomic mass is 10.2. The number of hydrogen-bond acceptors (Lipinski definition) is 2. The maximum absolute atomic E-state index is 5.44. The third-order valence-electron chi connectivity index (χ3n) is 2.27. The summed E-state index contributed by atoms with van der Waals surface area (Å²) in [6, 6.07) is 5.96. The van der Waals surface area contributed by atoms with Crippen molar-refractivity contribution in [3.05, 3.63) is 28.2 Å². The van der Waals surface area contributed by atoms with Gasteiger partial charge in [-0.25, -0.2) is 5.84 Å². The SMILES string of the molecule is Cc1c(Br)cccc1NC(=NCC(C)C)NN. The normalized spacial score (nSPS) is 11.8. The van der Waals surface area contributed by atoms with Crippen molar-refractivity contribution in [2.75, 3.05) is 11.9 Å². The number of aliphatic imine (C=N–C) groups is 1. The largest absolute Gasteiger partial charge is 0.325 e. The first-order valence-corrected chi connectivity index (χ1v) is 6.37. The molecule has 0 saturated heterocycles. The second kappa shape index (κ2) is 6.61. The van der Waals surface area contributed by atoms with Crippen molar-refractivity contribution < 1.29 is 0 Å². The molecule has 1 aromatic carbocycles. The van der Waals surface area contributed by atoms with Gasteiger partial charge in [-0.3, -0.25) is 10.4 Å². The Balaban J connectivity index is 2.81. The average Bonchev–Trinajstić information content (AvgIpc) is 2.29. The van der Waals surface area contributed by atoms with Gasteiger partial charge in [0.2, 0.25) is 5.96 Å². The van der Waals surface area contributed by atoms with Gasteiger partial charge in [0.15, 0.2) is 0 Å². The number of benzene rings is 1. The van der Waals surface area contributed by atoms with Gasteiger partial charge in [-0.05, 0) is 30.5 Å². The summed E-state index contributed by atoms with van der Waals surface area (Å²) in [6.07, 6.45) is 0. The summed E-state index contributed by atoms with van der Waals surface area (Å²) in [5, 5.41) is 3.18. The highest BCUT2D eigenvalue weighted by molar-refractivity contribution is 9.10. The van der Waals surface area contributed by atoms with Crippen LogP contribution >= 0.6 is 15.9 Å². The van der Waals surface area contributed by atoms with E-state index in [9.17, 15) is 0 Å². The zero-order valence-electron chi connectivity index (χ0n) is 10.4. The van der Waals surface area contributed by atoms with E-state index in [1.54, 1.807) is 0 Å². The van der Waals surface area contributed by atoms with Crippen LogP contribution in [0.1, 0.15) is 19.4 Å². The number of anilines is 1. The minimum absolute atomic E-state index is 0.503. The second-order valence-electron chi connectivity index (χ2n) is 4.26. The van der Waals surface area contributed by atoms with E-state index in [1.165, 1.54) is 0 Å². The van der Waals surface area contributed by atoms with Crippen molar-refractivity contribution in [1.29, 1.82) is 0 Å². The Morgan fingerprint density at radius 1 is 1.47 bits per heavy atom. The summed E-state index contributed by atoms with van der Waals surface area (Å²) in [7, 11) is 0. The lowest BCUT2D eigenvalue weighted by Gasteiger charge is -2.13. The van der Waals surface area contributed by atoms with Crippen molar-refractivity contribution in [3.63, 3.8) is 0 Å². The molecule has 0 bridgehead atoms. The Hall–Kier alpha value is -1.07. The lowest BCUT2D eigenvalue weighted by molar-refractivity contribution is 0.663. The first-order valence-electron chi connectivity index (χ1n) is 5.57. The number of rotatable bonds is 3. The predicted molar refractivity (Wildman–Crippen MR) is 77.0 cm³/mol. The minimum atomic E-state index is 0.503. The number of nitrogens with one attached hydrogen (secondary N) is 2. The average molecular weight is 299 g/mol. The summed E-state index contributed by atoms with van der Waals surface area (Å²) < 4.78 is 1.06. The van der Waals surface area contributed by atoms with Crippen molar-refractivity contribution in [1.82, 2.24) is 5.43 Å². The topological polar surface area (TPSA) is 62.4 Å². The fraction of sp³-hybridized carbons (Fsp3) is 0.417. The van der Waals surface area contributed by atoms with E-state index in [0.717, 1.165) is 22.3 Å². The zero-order chi connectivity index (χ0) is 12.8. The molecule has 0 aliphatic carbocycles. The Morgan fingerprint density at radius 2 is 2.18 bits per heavy atom. The van der Waals surface area contributed by atoms with Crippen LogP contribution in [0.2, 0.25) is 0 Å². The summed E-state index contributed by atoms with van der Waals surface area (Å²) >= 11 is 3.49. The Morgan fingerprint density at radius 3 is 2.76 bits per heavy atom. The number of hydrazine groups is 1. The standard InChI is InChI=1S/C12H19BrN4/c1-8(2)7-15-12(17-14)16-11-6-4-5-10(13)9(11)3/h4-6,8H,7,14H2,1-3H3,(H2,15,16,17). The molecular formula is C12H19BrN4. The maximum Gasteiger partial charge on any atom is 0.210 e. The van der Waals surface area contributed by atoms with Crippen LogP contribution in [-0.2, 0) is 0 Å². The van der Waals surface area contributed by atoms with Gasteiger partial charge in [0.05, 0.1) is 0 Å². The van der Waals surface area contributed by atoms with Gasteiger partial charge in [0.25, 0.3) is 0 Å². The Bertz CT molecular complexity index is 401. The van der Waals surface area contributed by atoms with Crippen LogP contribution in [0, 0.1) is 12.8 Å². The fourth-order valence-corrected chi connectivity index (χ4v) is 1.63. The first-order chi connectivity index (χ1) is 8.04. The zero-order valence-corrected chi connectivity index (χ0v) is 12.0. The number of hydrogen-bond donors (Lipinski definition) is 3. The fourth-order valence-electron chi connectivity index (χ4n) is 1.27. The van der Waals surface area contributed by atoms with Crippen molar-refractivity contribution in [2.45, 2.75) is 20.8 Å². The molecule has 0 aliphatic heterocycles. The quantitative estimate of drug-likeness (QED) is 0.348. The number of halogens is 1. The first kappa shape index (κ1) is 14.0. The minimum Gasteiger partial charge on any atom is -0.325 e. The molecule has 0 saturated carbocycles. The van der Waals surface area contributed by atoms with Gasteiger partial charge in [0, 0.05) is 16.7 Å². The molecule has 0 unspecified atom stereocenters. The van der Waals surface area contributed by atoms with Crippen LogP contribution in [0.4, 0.5) is 5.69 Å². The van der Waals surface area contributed by atoms with Crippen LogP contribution in [0.25, 0.3) is 0 Å².